The Morgan fingerprint density at radius 3 is 2.59 bits per heavy atom. The molecule has 2 aromatic carbocycles. The summed E-state index contributed by atoms with van der Waals surface area (Å²) in [6.45, 7) is 5.58. The van der Waals surface area contributed by atoms with Gasteiger partial charge in [-0.2, -0.15) is 0 Å². The Morgan fingerprint density at radius 1 is 1.10 bits per heavy atom. The summed E-state index contributed by atoms with van der Waals surface area (Å²) in [5.74, 6) is 2.53. The van der Waals surface area contributed by atoms with Crippen LogP contribution in [0.1, 0.15) is 47.6 Å². The number of nitrogens with zero attached hydrogens (tertiary/aromatic N) is 3. The second-order valence-electron chi connectivity index (χ2n) is 9.28. The van der Waals surface area contributed by atoms with Gasteiger partial charge in [0, 0.05) is 48.8 Å². The lowest BCUT2D eigenvalue weighted by atomic mass is 10.0. The standard InChI is InChI=1S/C28H30N4O6S/c1-17-16-39-28(29-17)30-25(33)21-12-23(36-18(2)15-34-3)14-24(13-21)37-22-6-4-19(5-7-22)26-31-32-27(38-26)20-8-10-35-11-9-20/h4-7,12-14,16,18,20H,8-11,15H2,1-3H3,(H,29,30,33). The molecule has 1 aliphatic heterocycles. The van der Waals surface area contributed by atoms with E-state index in [4.69, 9.17) is 23.4 Å². The van der Waals surface area contributed by atoms with Gasteiger partial charge in [-0.05, 0) is 63.1 Å². The van der Waals surface area contributed by atoms with Crippen molar-refractivity contribution in [2.45, 2.75) is 38.7 Å². The minimum absolute atomic E-state index is 0.220. The molecule has 4 aromatic rings. The molecule has 1 atom stereocenters. The first kappa shape index (κ1) is 26.8. The molecule has 0 aliphatic carbocycles. The minimum Gasteiger partial charge on any atom is -0.488 e. The second-order valence-corrected chi connectivity index (χ2v) is 10.1. The van der Waals surface area contributed by atoms with Gasteiger partial charge in [0.05, 0.1) is 12.3 Å². The highest BCUT2D eigenvalue weighted by Gasteiger charge is 2.22. The molecule has 5 rings (SSSR count). The maximum atomic E-state index is 13.0. The average molecular weight is 551 g/mol. The van der Waals surface area contributed by atoms with Crippen molar-refractivity contribution < 1.29 is 28.2 Å². The number of aryl methyl sites for hydroxylation is 1. The fourth-order valence-electron chi connectivity index (χ4n) is 4.17. The van der Waals surface area contributed by atoms with E-state index in [1.807, 2.05) is 43.5 Å². The first-order valence-electron chi connectivity index (χ1n) is 12.7. The van der Waals surface area contributed by atoms with E-state index in [0.717, 1.165) is 24.1 Å². The van der Waals surface area contributed by atoms with E-state index < -0.39 is 0 Å². The fourth-order valence-corrected chi connectivity index (χ4v) is 4.86. The van der Waals surface area contributed by atoms with Gasteiger partial charge < -0.3 is 23.4 Å². The molecule has 204 valence electrons. The Labute approximate surface area is 230 Å². The number of hydrogen-bond donors (Lipinski definition) is 1. The molecule has 10 nitrogen and oxygen atoms in total. The zero-order chi connectivity index (χ0) is 27.2. The Hall–Kier alpha value is -3.80. The van der Waals surface area contributed by atoms with Gasteiger partial charge in [0.1, 0.15) is 23.4 Å². The first-order chi connectivity index (χ1) is 19.0. The molecule has 0 bridgehead atoms. The van der Waals surface area contributed by atoms with Crippen LogP contribution in [0.25, 0.3) is 11.5 Å². The summed E-state index contributed by atoms with van der Waals surface area (Å²) >= 11 is 1.36. The zero-order valence-corrected chi connectivity index (χ0v) is 22.8. The molecule has 1 N–H and O–H groups in total. The first-order valence-corrected chi connectivity index (χ1v) is 13.6. The summed E-state index contributed by atoms with van der Waals surface area (Å²) in [5, 5.41) is 13.7. The normalized spacial score (nSPS) is 14.6. The molecule has 1 unspecified atom stereocenters. The van der Waals surface area contributed by atoms with Crippen LogP contribution in [0.3, 0.4) is 0 Å². The Balaban J connectivity index is 1.32. The summed E-state index contributed by atoms with van der Waals surface area (Å²) in [6.07, 6.45) is 1.54. The number of carbonyl (C=O) groups excluding carboxylic acids is 1. The van der Waals surface area contributed by atoms with Crippen molar-refractivity contribution in [3.63, 3.8) is 0 Å². The van der Waals surface area contributed by atoms with E-state index in [1.165, 1.54) is 11.3 Å². The van der Waals surface area contributed by atoms with E-state index in [1.54, 1.807) is 25.3 Å². The lowest BCUT2D eigenvalue weighted by Crippen LogP contribution is -2.18. The predicted octanol–water partition coefficient (Wildman–Crippen LogP) is 5.85. The highest BCUT2D eigenvalue weighted by atomic mass is 32.1. The third-order valence-corrected chi connectivity index (χ3v) is 6.94. The largest absolute Gasteiger partial charge is 0.488 e. The van der Waals surface area contributed by atoms with Gasteiger partial charge in [-0.1, -0.05) is 0 Å². The number of amides is 1. The number of benzene rings is 2. The van der Waals surface area contributed by atoms with E-state index in [9.17, 15) is 4.79 Å². The molecule has 0 spiro atoms. The quantitative estimate of drug-likeness (QED) is 0.259. The molecule has 39 heavy (non-hydrogen) atoms. The van der Waals surface area contributed by atoms with Crippen molar-refractivity contribution in [3.8, 4) is 28.7 Å². The molecule has 1 fully saturated rings. The van der Waals surface area contributed by atoms with Crippen LogP contribution in [0, 0.1) is 6.92 Å². The molecule has 11 heteroatoms. The summed E-state index contributed by atoms with van der Waals surface area (Å²) in [6, 6.07) is 12.4. The van der Waals surface area contributed by atoms with Crippen molar-refractivity contribution in [2.75, 3.05) is 32.2 Å². The second kappa shape index (κ2) is 12.4. The maximum Gasteiger partial charge on any atom is 0.257 e. The number of methoxy groups -OCH3 is 1. The molecule has 3 heterocycles. The van der Waals surface area contributed by atoms with Crippen LogP contribution in [0.4, 0.5) is 5.13 Å². The predicted molar refractivity (Wildman–Crippen MR) is 146 cm³/mol. The van der Waals surface area contributed by atoms with Crippen LogP contribution in [0.5, 0.6) is 17.2 Å². The molecule has 1 aliphatic rings. The number of aromatic nitrogens is 3. The minimum atomic E-state index is -0.314. The lowest BCUT2D eigenvalue weighted by molar-refractivity contribution is 0.0795. The van der Waals surface area contributed by atoms with Crippen LogP contribution in [-0.4, -0.2) is 54.1 Å². The van der Waals surface area contributed by atoms with Crippen LogP contribution in [-0.2, 0) is 9.47 Å². The van der Waals surface area contributed by atoms with Crippen LogP contribution >= 0.6 is 11.3 Å². The van der Waals surface area contributed by atoms with Crippen LogP contribution in [0.15, 0.2) is 52.3 Å². The SMILES string of the molecule is COCC(C)Oc1cc(Oc2ccc(-c3nnc(C4CCOCC4)o3)cc2)cc(C(=O)Nc2nc(C)cs2)c1. The van der Waals surface area contributed by atoms with Gasteiger partial charge in [-0.15, -0.1) is 21.5 Å². The number of rotatable bonds is 10. The van der Waals surface area contributed by atoms with E-state index >= 15 is 0 Å². The monoisotopic (exact) mass is 550 g/mol. The van der Waals surface area contributed by atoms with Gasteiger partial charge in [0.15, 0.2) is 5.13 Å². The highest BCUT2D eigenvalue weighted by Crippen LogP contribution is 2.32. The topological polar surface area (TPSA) is 118 Å². The number of carbonyl (C=O) groups is 1. The van der Waals surface area contributed by atoms with Gasteiger partial charge in [0.2, 0.25) is 11.8 Å². The molecular weight excluding hydrogens is 520 g/mol. The van der Waals surface area contributed by atoms with Gasteiger partial charge >= 0.3 is 0 Å². The smallest absolute Gasteiger partial charge is 0.257 e. The van der Waals surface area contributed by atoms with E-state index in [-0.39, 0.29) is 17.9 Å². The Bertz CT molecular complexity index is 1400. The van der Waals surface area contributed by atoms with Crippen molar-refractivity contribution in [1.29, 1.82) is 0 Å². The zero-order valence-electron chi connectivity index (χ0n) is 22.0. The number of anilines is 1. The lowest BCUT2D eigenvalue weighted by Gasteiger charge is -2.18. The molecule has 2 aromatic heterocycles. The van der Waals surface area contributed by atoms with E-state index in [0.29, 0.717) is 59.5 Å². The van der Waals surface area contributed by atoms with Crippen LogP contribution < -0.4 is 14.8 Å². The third kappa shape index (κ3) is 6.99. The number of hydrogen-bond acceptors (Lipinski definition) is 10. The molecule has 1 saturated heterocycles. The number of nitrogens with one attached hydrogen (secondary N) is 1. The number of thiazole rings is 1. The van der Waals surface area contributed by atoms with E-state index in [2.05, 4.69) is 20.5 Å². The van der Waals surface area contributed by atoms with Gasteiger partial charge in [0.25, 0.3) is 5.91 Å². The molecule has 0 radical (unpaired) electrons. The number of ether oxygens (including phenoxy) is 4. The summed E-state index contributed by atoms with van der Waals surface area (Å²) in [5.41, 5.74) is 2.01. The van der Waals surface area contributed by atoms with Crippen molar-refractivity contribution in [1.82, 2.24) is 15.2 Å². The Morgan fingerprint density at radius 2 is 1.87 bits per heavy atom. The van der Waals surface area contributed by atoms with Crippen molar-refractivity contribution in [2.24, 2.45) is 0 Å². The average Bonchev–Trinajstić information content (AvgIpc) is 3.59. The highest BCUT2D eigenvalue weighted by molar-refractivity contribution is 7.13. The molecule has 0 saturated carbocycles. The third-order valence-electron chi connectivity index (χ3n) is 6.07. The van der Waals surface area contributed by atoms with Crippen molar-refractivity contribution in [3.05, 3.63) is 65.0 Å². The molecular formula is C28H30N4O6S. The maximum absolute atomic E-state index is 13.0. The van der Waals surface area contributed by atoms with Gasteiger partial charge in [-0.3, -0.25) is 10.1 Å². The van der Waals surface area contributed by atoms with Crippen LogP contribution in [0.2, 0.25) is 0 Å². The summed E-state index contributed by atoms with van der Waals surface area (Å²) in [4.78, 5) is 17.3. The van der Waals surface area contributed by atoms with Crippen molar-refractivity contribution >= 4 is 22.4 Å². The fraction of sp³-hybridized carbons (Fsp3) is 0.357. The summed E-state index contributed by atoms with van der Waals surface area (Å²) in [7, 11) is 1.61. The Kier molecular flexibility index (Phi) is 8.50. The summed E-state index contributed by atoms with van der Waals surface area (Å²) < 4.78 is 28.6. The molecule has 1 amide bonds. The van der Waals surface area contributed by atoms with Gasteiger partial charge in [-0.25, -0.2) is 4.98 Å².